The average Bonchev–Trinajstić information content (AvgIpc) is 3.01. The predicted octanol–water partition coefficient (Wildman–Crippen LogP) is 1.11. The highest BCUT2D eigenvalue weighted by Gasteiger charge is 2.28. The number of H-pyrrole nitrogens is 1. The first kappa shape index (κ1) is 11.9. The Labute approximate surface area is 110 Å². The van der Waals surface area contributed by atoms with Gasteiger partial charge in [0, 0.05) is 30.6 Å². The normalized spacial score (nSPS) is 13.6. The van der Waals surface area contributed by atoms with Crippen LogP contribution in [0, 0.1) is 0 Å². The summed E-state index contributed by atoms with van der Waals surface area (Å²) in [4.78, 5) is 18.0. The van der Waals surface area contributed by atoms with Gasteiger partial charge in [-0.25, -0.2) is 0 Å². The van der Waals surface area contributed by atoms with Crippen molar-refractivity contribution in [2.45, 2.75) is 19.7 Å². The van der Waals surface area contributed by atoms with Crippen molar-refractivity contribution in [3.63, 3.8) is 0 Å². The molecule has 0 aliphatic carbocycles. The van der Waals surface area contributed by atoms with Gasteiger partial charge in [-0.05, 0) is 12.1 Å². The molecular weight excluding hydrogens is 244 g/mol. The van der Waals surface area contributed by atoms with Gasteiger partial charge < -0.3 is 9.64 Å². The fourth-order valence-corrected chi connectivity index (χ4v) is 2.28. The smallest absolute Gasteiger partial charge is 0.254 e. The summed E-state index contributed by atoms with van der Waals surface area (Å²) in [6.45, 7) is 1.60. The molecule has 1 aliphatic rings. The summed E-state index contributed by atoms with van der Waals surface area (Å²) in [5.41, 5.74) is 3.60. The van der Waals surface area contributed by atoms with Crippen LogP contribution >= 0.6 is 0 Å². The number of nitrogens with zero attached hydrogens (tertiary/aromatic N) is 3. The summed E-state index contributed by atoms with van der Waals surface area (Å²) in [6, 6.07) is 3.45. The van der Waals surface area contributed by atoms with Gasteiger partial charge >= 0.3 is 0 Å². The second-order valence-electron chi connectivity index (χ2n) is 4.46. The van der Waals surface area contributed by atoms with E-state index in [0.717, 1.165) is 17.0 Å². The van der Waals surface area contributed by atoms with Crippen LogP contribution < -0.4 is 0 Å². The molecule has 1 N–H and O–H groups in total. The van der Waals surface area contributed by atoms with Crippen LogP contribution in [0.3, 0.4) is 0 Å². The highest BCUT2D eigenvalue weighted by Crippen LogP contribution is 2.25. The molecular formula is C13H14N4O2. The average molecular weight is 258 g/mol. The van der Waals surface area contributed by atoms with Crippen molar-refractivity contribution in [2.75, 3.05) is 7.11 Å². The van der Waals surface area contributed by atoms with Crippen molar-refractivity contribution in [3.05, 3.63) is 47.0 Å². The van der Waals surface area contributed by atoms with Gasteiger partial charge in [0.15, 0.2) is 0 Å². The maximum absolute atomic E-state index is 12.3. The molecule has 0 radical (unpaired) electrons. The fraction of sp³-hybridized carbons (Fsp3) is 0.308. The lowest BCUT2D eigenvalue weighted by molar-refractivity contribution is 0.0748. The number of carbonyl (C=O) groups excluding carboxylic acids is 1. The molecule has 0 atom stereocenters. The van der Waals surface area contributed by atoms with E-state index in [9.17, 15) is 4.79 Å². The summed E-state index contributed by atoms with van der Waals surface area (Å²) < 4.78 is 5.10. The number of aromatic amines is 1. The molecule has 1 amide bonds. The molecule has 2 aromatic rings. The van der Waals surface area contributed by atoms with Crippen molar-refractivity contribution in [2.24, 2.45) is 0 Å². The van der Waals surface area contributed by atoms with Crippen LogP contribution in [0.2, 0.25) is 0 Å². The van der Waals surface area contributed by atoms with Crippen LogP contribution in [0.4, 0.5) is 0 Å². The lowest BCUT2D eigenvalue weighted by Crippen LogP contribution is -2.25. The number of amides is 1. The molecule has 3 rings (SSSR count). The zero-order chi connectivity index (χ0) is 13.2. The Morgan fingerprint density at radius 3 is 2.95 bits per heavy atom. The first-order valence-corrected chi connectivity index (χ1v) is 6.03. The number of methoxy groups -OCH3 is 1. The highest BCUT2D eigenvalue weighted by molar-refractivity contribution is 5.94. The first-order valence-electron chi connectivity index (χ1n) is 6.03. The molecule has 3 heterocycles. The maximum atomic E-state index is 12.3. The molecule has 0 fully saturated rings. The Hall–Kier alpha value is -2.21. The van der Waals surface area contributed by atoms with Gasteiger partial charge in [0.25, 0.3) is 5.91 Å². The second-order valence-corrected chi connectivity index (χ2v) is 4.46. The van der Waals surface area contributed by atoms with Gasteiger partial charge in [0.1, 0.15) is 0 Å². The lowest BCUT2D eigenvalue weighted by atomic mass is 10.2. The summed E-state index contributed by atoms with van der Waals surface area (Å²) in [5, 5.41) is 7.17. The fourth-order valence-electron chi connectivity index (χ4n) is 2.28. The Kier molecular flexibility index (Phi) is 3.00. The molecule has 6 heteroatoms. The van der Waals surface area contributed by atoms with Crippen molar-refractivity contribution in [1.29, 1.82) is 0 Å². The maximum Gasteiger partial charge on any atom is 0.254 e. The molecule has 0 saturated carbocycles. The van der Waals surface area contributed by atoms with Gasteiger partial charge in [-0.1, -0.05) is 0 Å². The van der Waals surface area contributed by atoms with Gasteiger partial charge in [0.05, 0.1) is 31.1 Å². The molecule has 0 unspecified atom stereocenters. The zero-order valence-corrected chi connectivity index (χ0v) is 10.6. The first-order chi connectivity index (χ1) is 9.29. The van der Waals surface area contributed by atoms with Crippen LogP contribution in [0.25, 0.3) is 0 Å². The number of rotatable bonds is 3. The third-order valence-electron chi connectivity index (χ3n) is 3.23. The number of hydrogen-bond acceptors (Lipinski definition) is 4. The summed E-state index contributed by atoms with van der Waals surface area (Å²) >= 11 is 0. The highest BCUT2D eigenvalue weighted by atomic mass is 16.5. The Bertz CT molecular complexity index is 594. The quantitative estimate of drug-likeness (QED) is 0.895. The minimum Gasteiger partial charge on any atom is -0.378 e. The molecule has 98 valence electrons. The van der Waals surface area contributed by atoms with Crippen LogP contribution in [-0.4, -0.2) is 33.1 Å². The summed E-state index contributed by atoms with van der Waals surface area (Å²) in [5.74, 6) is 0.00960. The zero-order valence-electron chi connectivity index (χ0n) is 10.6. The van der Waals surface area contributed by atoms with Crippen molar-refractivity contribution < 1.29 is 9.53 Å². The number of nitrogens with one attached hydrogen (secondary N) is 1. The van der Waals surface area contributed by atoms with E-state index >= 15 is 0 Å². The summed E-state index contributed by atoms with van der Waals surface area (Å²) in [6.07, 6.45) is 3.25. The van der Waals surface area contributed by atoms with Crippen molar-refractivity contribution >= 4 is 5.91 Å². The predicted molar refractivity (Wildman–Crippen MR) is 67.1 cm³/mol. The molecule has 0 aromatic carbocycles. The van der Waals surface area contributed by atoms with Crippen LogP contribution in [0.1, 0.15) is 27.3 Å². The molecule has 6 nitrogen and oxygen atoms in total. The molecule has 1 aliphatic heterocycles. The van der Waals surface area contributed by atoms with E-state index in [4.69, 9.17) is 4.74 Å². The van der Waals surface area contributed by atoms with Crippen molar-refractivity contribution in [3.8, 4) is 0 Å². The lowest BCUT2D eigenvalue weighted by Gasteiger charge is -2.15. The van der Waals surface area contributed by atoms with Crippen LogP contribution in [0.5, 0.6) is 0 Å². The number of ether oxygens (including phenoxy) is 1. The number of aromatic nitrogens is 3. The minimum absolute atomic E-state index is 0.00960. The van der Waals surface area contributed by atoms with E-state index in [-0.39, 0.29) is 5.91 Å². The van der Waals surface area contributed by atoms with Crippen molar-refractivity contribution in [1.82, 2.24) is 20.1 Å². The largest absolute Gasteiger partial charge is 0.378 e. The van der Waals surface area contributed by atoms with E-state index in [0.29, 0.717) is 25.3 Å². The van der Waals surface area contributed by atoms with Gasteiger partial charge in [-0.3, -0.25) is 14.9 Å². The molecule has 0 saturated heterocycles. The third-order valence-corrected chi connectivity index (χ3v) is 3.23. The van der Waals surface area contributed by atoms with Crippen LogP contribution in [0.15, 0.2) is 24.5 Å². The van der Waals surface area contributed by atoms with Gasteiger partial charge in [0.2, 0.25) is 0 Å². The number of carbonyl (C=O) groups is 1. The minimum atomic E-state index is 0.00960. The van der Waals surface area contributed by atoms with E-state index in [1.54, 1.807) is 36.5 Å². The third kappa shape index (κ3) is 2.10. The monoisotopic (exact) mass is 258 g/mol. The molecule has 19 heavy (non-hydrogen) atoms. The Morgan fingerprint density at radius 1 is 1.42 bits per heavy atom. The molecule has 0 bridgehead atoms. The van der Waals surface area contributed by atoms with E-state index in [2.05, 4.69) is 15.2 Å². The van der Waals surface area contributed by atoms with Crippen LogP contribution in [-0.2, 0) is 24.4 Å². The standard InChI is InChI=1S/C13H14N4O2/c1-19-8-12-10-6-17(7-11(10)15-16-12)13(18)9-2-4-14-5-3-9/h2-5H,6-8H2,1H3,(H,15,16). The Balaban J connectivity index is 1.79. The van der Waals surface area contributed by atoms with E-state index in [1.165, 1.54) is 0 Å². The topological polar surface area (TPSA) is 71.1 Å². The molecule has 2 aromatic heterocycles. The number of fused-ring (bicyclic) bond motifs is 1. The second kappa shape index (κ2) is 4.81. The van der Waals surface area contributed by atoms with E-state index < -0.39 is 0 Å². The Morgan fingerprint density at radius 2 is 2.21 bits per heavy atom. The van der Waals surface area contributed by atoms with Gasteiger partial charge in [-0.2, -0.15) is 5.10 Å². The number of pyridine rings is 1. The number of hydrogen-bond donors (Lipinski definition) is 1. The van der Waals surface area contributed by atoms with Gasteiger partial charge in [-0.15, -0.1) is 0 Å². The van der Waals surface area contributed by atoms with E-state index in [1.807, 2.05) is 0 Å². The molecule has 0 spiro atoms. The SMILES string of the molecule is COCc1n[nH]c2c1CN(C(=O)c1ccncc1)C2. The summed E-state index contributed by atoms with van der Waals surface area (Å²) in [7, 11) is 1.63.